The zero-order chi connectivity index (χ0) is 5.98. The molecule has 0 aromatic rings. The average Bonchev–Trinajstić information content (AvgIpc) is 2.14. The molecule has 0 aromatic heterocycles. The van der Waals surface area contributed by atoms with Crippen molar-refractivity contribution in [3.63, 3.8) is 0 Å². The third-order valence-corrected chi connectivity index (χ3v) is 1.50. The minimum Gasteiger partial charge on any atom is -0.193 e. The summed E-state index contributed by atoms with van der Waals surface area (Å²) in [6, 6.07) is 2.16. The van der Waals surface area contributed by atoms with E-state index in [9.17, 15) is 0 Å². The van der Waals surface area contributed by atoms with Crippen LogP contribution in [-0.2, 0) is 0 Å². The van der Waals surface area contributed by atoms with E-state index in [1.807, 2.05) is 0 Å². The van der Waals surface area contributed by atoms with Gasteiger partial charge in [-0.25, -0.2) is 0 Å². The van der Waals surface area contributed by atoms with Crippen LogP contribution in [0.2, 0.25) is 0 Å². The van der Waals surface area contributed by atoms with Gasteiger partial charge >= 0.3 is 0 Å². The SMILES string of the molecule is CC1C=C(C#N)CC1. The first kappa shape index (κ1) is 5.37. The summed E-state index contributed by atoms with van der Waals surface area (Å²) in [5.41, 5.74) is 0.970. The van der Waals surface area contributed by atoms with Crippen LogP contribution in [0, 0.1) is 17.2 Å². The van der Waals surface area contributed by atoms with Crippen LogP contribution in [0.15, 0.2) is 11.6 Å². The molecule has 1 unspecified atom stereocenters. The summed E-state index contributed by atoms with van der Waals surface area (Å²) in [4.78, 5) is 0. The summed E-state index contributed by atoms with van der Waals surface area (Å²) in [5.74, 6) is 0.643. The summed E-state index contributed by atoms with van der Waals surface area (Å²) in [6.45, 7) is 2.14. The van der Waals surface area contributed by atoms with Gasteiger partial charge in [0.1, 0.15) is 0 Å². The summed E-state index contributed by atoms with van der Waals surface area (Å²) in [7, 11) is 0. The molecule has 1 rings (SSSR count). The van der Waals surface area contributed by atoms with E-state index in [0.29, 0.717) is 5.92 Å². The molecule has 8 heavy (non-hydrogen) atoms. The predicted molar refractivity (Wildman–Crippen MR) is 32.1 cm³/mol. The second-order valence-electron chi connectivity index (χ2n) is 2.32. The Morgan fingerprint density at radius 2 is 2.62 bits per heavy atom. The second kappa shape index (κ2) is 2.00. The molecule has 1 atom stereocenters. The fraction of sp³-hybridized carbons (Fsp3) is 0.571. The maximum Gasteiger partial charge on any atom is 0.0943 e. The third-order valence-electron chi connectivity index (χ3n) is 1.50. The van der Waals surface area contributed by atoms with Gasteiger partial charge in [0.25, 0.3) is 0 Å². The van der Waals surface area contributed by atoms with E-state index in [2.05, 4.69) is 19.1 Å². The summed E-state index contributed by atoms with van der Waals surface area (Å²) in [5, 5.41) is 8.37. The highest BCUT2D eigenvalue weighted by Gasteiger charge is 2.09. The standard InChI is InChI=1S/C7H9N/c1-6-2-3-7(4-6)5-8/h4,6H,2-3H2,1H3. The molecule has 0 fully saturated rings. The van der Waals surface area contributed by atoms with Gasteiger partial charge in [0.2, 0.25) is 0 Å². The van der Waals surface area contributed by atoms with Crippen molar-refractivity contribution in [2.45, 2.75) is 19.8 Å². The van der Waals surface area contributed by atoms with E-state index >= 15 is 0 Å². The first-order valence-electron chi connectivity index (χ1n) is 2.93. The normalized spacial score (nSPS) is 27.0. The molecule has 0 N–H and O–H groups in total. The molecule has 42 valence electrons. The lowest BCUT2D eigenvalue weighted by Crippen LogP contribution is -1.76. The summed E-state index contributed by atoms with van der Waals surface area (Å²) in [6.07, 6.45) is 4.22. The van der Waals surface area contributed by atoms with Crippen molar-refractivity contribution in [2.75, 3.05) is 0 Å². The van der Waals surface area contributed by atoms with E-state index in [-0.39, 0.29) is 0 Å². The van der Waals surface area contributed by atoms with Gasteiger partial charge in [0.05, 0.1) is 6.07 Å². The Labute approximate surface area is 49.6 Å². The molecular weight excluding hydrogens is 98.1 g/mol. The molecule has 0 amide bonds. The van der Waals surface area contributed by atoms with E-state index in [1.165, 1.54) is 6.42 Å². The van der Waals surface area contributed by atoms with Crippen LogP contribution in [0.4, 0.5) is 0 Å². The van der Waals surface area contributed by atoms with Crippen molar-refractivity contribution in [1.82, 2.24) is 0 Å². The van der Waals surface area contributed by atoms with Gasteiger partial charge in [-0.05, 0) is 18.8 Å². The van der Waals surface area contributed by atoms with E-state index in [4.69, 9.17) is 5.26 Å². The second-order valence-corrected chi connectivity index (χ2v) is 2.32. The zero-order valence-corrected chi connectivity index (χ0v) is 5.02. The fourth-order valence-electron chi connectivity index (χ4n) is 0.986. The van der Waals surface area contributed by atoms with E-state index < -0.39 is 0 Å². The molecule has 1 aliphatic rings. The molecule has 1 aliphatic carbocycles. The molecule has 0 heterocycles. The summed E-state index contributed by atoms with van der Waals surface area (Å²) < 4.78 is 0. The number of rotatable bonds is 0. The Hall–Kier alpha value is -0.770. The Kier molecular flexibility index (Phi) is 1.34. The topological polar surface area (TPSA) is 23.8 Å². The average molecular weight is 107 g/mol. The first-order chi connectivity index (χ1) is 3.83. The van der Waals surface area contributed by atoms with Crippen LogP contribution in [-0.4, -0.2) is 0 Å². The number of hydrogen-bond acceptors (Lipinski definition) is 1. The van der Waals surface area contributed by atoms with Crippen molar-refractivity contribution in [2.24, 2.45) is 5.92 Å². The zero-order valence-electron chi connectivity index (χ0n) is 5.02. The van der Waals surface area contributed by atoms with Gasteiger partial charge in [-0.15, -0.1) is 0 Å². The van der Waals surface area contributed by atoms with Gasteiger partial charge in [0.15, 0.2) is 0 Å². The van der Waals surface area contributed by atoms with Crippen molar-refractivity contribution in [3.8, 4) is 6.07 Å². The molecular formula is C7H9N. The molecule has 0 aromatic carbocycles. The van der Waals surface area contributed by atoms with Crippen LogP contribution >= 0.6 is 0 Å². The number of allylic oxidation sites excluding steroid dienone is 2. The van der Waals surface area contributed by atoms with E-state index in [1.54, 1.807) is 0 Å². The molecule has 0 radical (unpaired) electrons. The van der Waals surface area contributed by atoms with Crippen molar-refractivity contribution >= 4 is 0 Å². The van der Waals surface area contributed by atoms with Gasteiger partial charge < -0.3 is 0 Å². The number of nitriles is 1. The molecule has 1 heteroatoms. The quantitative estimate of drug-likeness (QED) is 0.463. The van der Waals surface area contributed by atoms with Crippen LogP contribution in [0.25, 0.3) is 0 Å². The Bertz CT molecular complexity index is 150. The van der Waals surface area contributed by atoms with Crippen molar-refractivity contribution < 1.29 is 0 Å². The minimum atomic E-state index is 0.643. The molecule has 1 nitrogen and oxygen atoms in total. The lowest BCUT2D eigenvalue weighted by Gasteiger charge is -1.89. The van der Waals surface area contributed by atoms with Crippen molar-refractivity contribution in [3.05, 3.63) is 11.6 Å². The van der Waals surface area contributed by atoms with Crippen LogP contribution < -0.4 is 0 Å². The highest BCUT2D eigenvalue weighted by atomic mass is 14.3. The molecule has 0 saturated heterocycles. The summed E-state index contributed by atoms with van der Waals surface area (Å²) >= 11 is 0. The maximum absolute atomic E-state index is 8.37. The molecule has 0 bridgehead atoms. The molecule has 0 spiro atoms. The number of hydrogen-bond donors (Lipinski definition) is 0. The predicted octanol–water partition coefficient (Wildman–Crippen LogP) is 1.87. The Balaban J connectivity index is 2.61. The first-order valence-corrected chi connectivity index (χ1v) is 2.93. The van der Waals surface area contributed by atoms with Gasteiger partial charge in [-0.1, -0.05) is 13.0 Å². The van der Waals surface area contributed by atoms with Gasteiger partial charge in [-0.2, -0.15) is 5.26 Å². The maximum atomic E-state index is 8.37. The Morgan fingerprint density at radius 1 is 1.88 bits per heavy atom. The Morgan fingerprint density at radius 3 is 2.88 bits per heavy atom. The lowest BCUT2D eigenvalue weighted by molar-refractivity contribution is 0.700. The number of nitrogens with zero attached hydrogens (tertiary/aromatic N) is 1. The van der Waals surface area contributed by atoms with Crippen LogP contribution in [0.3, 0.4) is 0 Å². The molecule has 0 saturated carbocycles. The third kappa shape index (κ3) is 0.894. The van der Waals surface area contributed by atoms with E-state index in [0.717, 1.165) is 12.0 Å². The fourth-order valence-corrected chi connectivity index (χ4v) is 0.986. The smallest absolute Gasteiger partial charge is 0.0943 e. The van der Waals surface area contributed by atoms with Gasteiger partial charge in [-0.3, -0.25) is 0 Å². The minimum absolute atomic E-state index is 0.643. The highest BCUT2D eigenvalue weighted by molar-refractivity contribution is 5.24. The lowest BCUT2D eigenvalue weighted by atomic mass is 10.2. The van der Waals surface area contributed by atoms with Gasteiger partial charge in [0, 0.05) is 5.57 Å². The highest BCUT2D eigenvalue weighted by Crippen LogP contribution is 2.21. The monoisotopic (exact) mass is 107 g/mol. The molecule has 0 aliphatic heterocycles. The van der Waals surface area contributed by atoms with Crippen LogP contribution in [0.5, 0.6) is 0 Å². The van der Waals surface area contributed by atoms with Crippen molar-refractivity contribution in [1.29, 1.82) is 5.26 Å². The van der Waals surface area contributed by atoms with Crippen LogP contribution in [0.1, 0.15) is 19.8 Å². The largest absolute Gasteiger partial charge is 0.193 e.